The fraction of sp³-hybridized carbons (Fsp3) is 0. The summed E-state index contributed by atoms with van der Waals surface area (Å²) >= 11 is 0. The van der Waals surface area contributed by atoms with Crippen LogP contribution in [-0.2, 0) is 0 Å². The molecule has 0 unspecified atom stereocenters. The van der Waals surface area contributed by atoms with Gasteiger partial charge in [-0.3, -0.25) is 5.10 Å². The van der Waals surface area contributed by atoms with Gasteiger partial charge in [-0.25, -0.2) is 0 Å². The fourth-order valence-electron chi connectivity index (χ4n) is 3.35. The number of aromatic amines is 1. The van der Waals surface area contributed by atoms with E-state index in [2.05, 4.69) is 20.4 Å². The Morgan fingerprint density at radius 2 is 1.41 bits per heavy atom. The summed E-state index contributed by atoms with van der Waals surface area (Å²) in [6, 6.07) is 27.4. The van der Waals surface area contributed by atoms with Crippen molar-refractivity contribution in [3.8, 4) is 33.9 Å². The number of para-hydroxylation sites is 1. The maximum absolute atomic E-state index is 6.16. The van der Waals surface area contributed by atoms with Crippen molar-refractivity contribution in [1.29, 1.82) is 0 Å². The number of hydrogen-bond donors (Lipinski definition) is 2. The van der Waals surface area contributed by atoms with Gasteiger partial charge in [-0.2, -0.15) is 5.10 Å². The average Bonchev–Trinajstić information content (AvgIpc) is 3.15. The zero-order valence-corrected chi connectivity index (χ0v) is 15.4. The summed E-state index contributed by atoms with van der Waals surface area (Å²) in [4.78, 5) is 0. The molecule has 0 amide bonds. The lowest BCUT2D eigenvalue weighted by Crippen LogP contribution is -1.96. The van der Waals surface area contributed by atoms with Crippen LogP contribution in [0.3, 0.4) is 0 Å². The molecule has 3 aromatic carbocycles. The number of ether oxygens (including phenoxy) is 1. The van der Waals surface area contributed by atoms with Crippen LogP contribution < -0.4 is 10.5 Å². The van der Waals surface area contributed by atoms with Gasteiger partial charge in [0.25, 0.3) is 0 Å². The molecule has 2 aromatic heterocycles. The van der Waals surface area contributed by atoms with Gasteiger partial charge in [0.05, 0.1) is 5.39 Å². The summed E-state index contributed by atoms with van der Waals surface area (Å²) in [6.07, 6.45) is 0. The lowest BCUT2D eigenvalue weighted by atomic mass is 9.97. The Hall–Kier alpha value is -4.19. The molecule has 6 heteroatoms. The molecule has 0 bridgehead atoms. The van der Waals surface area contributed by atoms with E-state index in [1.165, 1.54) is 0 Å². The Kier molecular flexibility index (Phi) is 4.14. The number of aromatic nitrogens is 4. The molecular formula is C23H17N5O. The van der Waals surface area contributed by atoms with E-state index in [0.29, 0.717) is 11.5 Å². The van der Waals surface area contributed by atoms with Crippen LogP contribution in [0.1, 0.15) is 0 Å². The maximum Gasteiger partial charge on any atom is 0.180 e. The van der Waals surface area contributed by atoms with Crippen LogP contribution in [0.25, 0.3) is 33.4 Å². The number of nitrogens with two attached hydrogens (primary N) is 1. The highest BCUT2D eigenvalue weighted by atomic mass is 16.5. The minimum absolute atomic E-state index is 0.395. The highest BCUT2D eigenvalue weighted by Gasteiger charge is 2.19. The second kappa shape index (κ2) is 7.09. The van der Waals surface area contributed by atoms with Crippen LogP contribution in [0, 0.1) is 0 Å². The highest BCUT2D eigenvalue weighted by Crippen LogP contribution is 2.38. The summed E-state index contributed by atoms with van der Waals surface area (Å²) in [5.41, 5.74) is 10.2. The Balaban J connectivity index is 1.68. The van der Waals surface area contributed by atoms with Crippen LogP contribution in [-0.4, -0.2) is 20.4 Å². The number of anilines is 1. The minimum atomic E-state index is 0.395. The zero-order chi connectivity index (χ0) is 19.6. The van der Waals surface area contributed by atoms with Gasteiger partial charge in [0.1, 0.15) is 17.2 Å². The number of nitrogens with zero attached hydrogens (tertiary/aromatic N) is 3. The van der Waals surface area contributed by atoms with Gasteiger partial charge in [0.2, 0.25) is 0 Å². The number of nitrogen functional groups attached to an aromatic ring is 1. The molecule has 0 spiro atoms. The second-order valence-corrected chi connectivity index (χ2v) is 6.57. The lowest BCUT2D eigenvalue weighted by Gasteiger charge is -2.12. The van der Waals surface area contributed by atoms with Crippen molar-refractivity contribution in [2.45, 2.75) is 0 Å². The third kappa shape index (κ3) is 3.17. The third-order valence-corrected chi connectivity index (χ3v) is 4.66. The van der Waals surface area contributed by atoms with Gasteiger partial charge >= 0.3 is 0 Å². The molecule has 0 atom stereocenters. The van der Waals surface area contributed by atoms with Crippen LogP contribution in [0.5, 0.6) is 11.5 Å². The molecule has 5 rings (SSSR count). The predicted octanol–water partition coefficient (Wildman–Crippen LogP) is 5.06. The molecule has 0 aliphatic carbocycles. The van der Waals surface area contributed by atoms with Crippen LogP contribution in [0.4, 0.5) is 5.82 Å². The first-order valence-corrected chi connectivity index (χ1v) is 9.18. The van der Waals surface area contributed by atoms with E-state index in [-0.39, 0.29) is 0 Å². The Bertz CT molecular complexity index is 1280. The van der Waals surface area contributed by atoms with Crippen LogP contribution in [0.2, 0.25) is 0 Å². The lowest BCUT2D eigenvalue weighted by molar-refractivity contribution is 0.483. The van der Waals surface area contributed by atoms with E-state index >= 15 is 0 Å². The molecule has 5 aromatic rings. The van der Waals surface area contributed by atoms with Gasteiger partial charge in [0.15, 0.2) is 11.5 Å². The van der Waals surface area contributed by atoms with Crippen molar-refractivity contribution in [3.63, 3.8) is 0 Å². The van der Waals surface area contributed by atoms with Crippen molar-refractivity contribution in [3.05, 3.63) is 84.9 Å². The molecule has 0 aliphatic heterocycles. The molecule has 140 valence electrons. The van der Waals surface area contributed by atoms with Crippen molar-refractivity contribution in [2.24, 2.45) is 0 Å². The first-order chi connectivity index (χ1) is 14.3. The molecule has 0 radical (unpaired) electrons. The molecule has 6 nitrogen and oxygen atoms in total. The van der Waals surface area contributed by atoms with E-state index in [9.17, 15) is 0 Å². The summed E-state index contributed by atoms with van der Waals surface area (Å²) in [5.74, 6) is 1.88. The van der Waals surface area contributed by atoms with Crippen molar-refractivity contribution in [2.75, 3.05) is 5.73 Å². The summed E-state index contributed by atoms with van der Waals surface area (Å²) in [7, 11) is 0. The van der Waals surface area contributed by atoms with Gasteiger partial charge < -0.3 is 10.5 Å². The van der Waals surface area contributed by atoms with Crippen LogP contribution in [0.15, 0.2) is 84.9 Å². The molecule has 0 aliphatic rings. The first kappa shape index (κ1) is 16.9. The Labute approximate surface area is 167 Å². The van der Waals surface area contributed by atoms with E-state index in [1.807, 2.05) is 84.9 Å². The fourth-order valence-corrected chi connectivity index (χ4v) is 3.35. The molecule has 2 heterocycles. The SMILES string of the molecule is Nc1n[nH]c2nnc(-c3cccc(Oc4ccccc4)c3)c(-c3ccccc3)c12. The van der Waals surface area contributed by atoms with E-state index < -0.39 is 0 Å². The number of fused-ring (bicyclic) bond motifs is 1. The average molecular weight is 379 g/mol. The zero-order valence-electron chi connectivity index (χ0n) is 15.4. The number of benzene rings is 3. The quantitative estimate of drug-likeness (QED) is 0.455. The number of H-pyrrole nitrogens is 1. The Morgan fingerprint density at radius 3 is 2.21 bits per heavy atom. The molecule has 29 heavy (non-hydrogen) atoms. The van der Waals surface area contributed by atoms with E-state index in [4.69, 9.17) is 10.5 Å². The van der Waals surface area contributed by atoms with Gasteiger partial charge in [-0.1, -0.05) is 60.7 Å². The van der Waals surface area contributed by atoms with E-state index in [1.54, 1.807) is 0 Å². The van der Waals surface area contributed by atoms with Gasteiger partial charge in [-0.05, 0) is 29.8 Å². The van der Waals surface area contributed by atoms with Gasteiger partial charge in [-0.15, -0.1) is 10.2 Å². The first-order valence-electron chi connectivity index (χ1n) is 9.18. The standard InChI is InChI=1S/C23H17N5O/c24-22-20-19(15-8-3-1-4-9-15)21(25-27-23(20)28-26-22)16-10-7-13-18(14-16)29-17-11-5-2-6-12-17/h1-14H,(H3,24,26,27,28). The number of hydrogen-bond acceptors (Lipinski definition) is 5. The number of nitrogens with one attached hydrogen (secondary N) is 1. The monoisotopic (exact) mass is 379 g/mol. The largest absolute Gasteiger partial charge is 0.457 e. The molecular weight excluding hydrogens is 362 g/mol. The van der Waals surface area contributed by atoms with Gasteiger partial charge in [0, 0.05) is 11.1 Å². The highest BCUT2D eigenvalue weighted by molar-refractivity contribution is 6.04. The summed E-state index contributed by atoms with van der Waals surface area (Å²) in [5, 5.41) is 16.5. The van der Waals surface area contributed by atoms with E-state index in [0.717, 1.165) is 39.3 Å². The predicted molar refractivity (Wildman–Crippen MR) is 113 cm³/mol. The second-order valence-electron chi connectivity index (χ2n) is 6.57. The molecule has 3 N–H and O–H groups in total. The minimum Gasteiger partial charge on any atom is -0.457 e. The normalized spacial score (nSPS) is 10.9. The topological polar surface area (TPSA) is 89.7 Å². The maximum atomic E-state index is 6.16. The summed E-state index contributed by atoms with van der Waals surface area (Å²) in [6.45, 7) is 0. The van der Waals surface area contributed by atoms with Crippen LogP contribution >= 0.6 is 0 Å². The molecule has 0 saturated carbocycles. The molecule has 0 saturated heterocycles. The summed E-state index contributed by atoms with van der Waals surface area (Å²) < 4.78 is 5.99. The van der Waals surface area contributed by atoms with Crippen molar-refractivity contribution >= 4 is 16.9 Å². The smallest absolute Gasteiger partial charge is 0.180 e. The van der Waals surface area contributed by atoms with Crippen molar-refractivity contribution in [1.82, 2.24) is 20.4 Å². The Morgan fingerprint density at radius 1 is 0.724 bits per heavy atom. The molecule has 0 fully saturated rings. The van der Waals surface area contributed by atoms with Crippen molar-refractivity contribution < 1.29 is 4.74 Å². The third-order valence-electron chi connectivity index (χ3n) is 4.66. The number of rotatable bonds is 4.